The van der Waals surface area contributed by atoms with Crippen LogP contribution in [-0.4, -0.2) is 23.1 Å². The Bertz CT molecular complexity index is 593. The zero-order valence-electron chi connectivity index (χ0n) is 11.6. The van der Waals surface area contributed by atoms with Crippen molar-refractivity contribution in [1.29, 1.82) is 0 Å². The van der Waals surface area contributed by atoms with E-state index in [1.807, 2.05) is 24.3 Å². The molecule has 0 aromatic heterocycles. The number of phenolic OH excluding ortho intramolecular Hbond substituents is 1. The number of nitrogens with zero attached hydrogens (tertiary/aromatic N) is 1. The molecule has 2 atom stereocenters. The van der Waals surface area contributed by atoms with Gasteiger partial charge in [-0.15, -0.1) is 0 Å². The summed E-state index contributed by atoms with van der Waals surface area (Å²) >= 11 is 0. The maximum Gasteiger partial charge on any atom is 0.128 e. The minimum atomic E-state index is 0.287. The third kappa shape index (κ3) is 2.21. The van der Waals surface area contributed by atoms with Gasteiger partial charge in [0.15, 0.2) is 0 Å². The van der Waals surface area contributed by atoms with Crippen molar-refractivity contribution in [3.8, 4) is 5.75 Å². The topological polar surface area (TPSA) is 23.5 Å². The molecular weight excluding hydrogens is 234 g/mol. The summed E-state index contributed by atoms with van der Waals surface area (Å²) in [5.74, 6) is 1.22. The highest BCUT2D eigenvalue weighted by Gasteiger charge is 2.25. The second-order valence-electron chi connectivity index (χ2n) is 5.79. The molecule has 0 radical (unpaired) electrons. The van der Waals surface area contributed by atoms with Gasteiger partial charge in [0.2, 0.25) is 0 Å². The van der Waals surface area contributed by atoms with E-state index >= 15 is 0 Å². The molecule has 100 valence electrons. The van der Waals surface area contributed by atoms with E-state index in [0.29, 0.717) is 5.75 Å². The third-order valence-electron chi connectivity index (χ3n) is 4.38. The number of hydrogen-bond acceptors (Lipinski definition) is 2. The van der Waals surface area contributed by atoms with Crippen LogP contribution in [0.2, 0.25) is 0 Å². The van der Waals surface area contributed by atoms with Crippen molar-refractivity contribution in [3.63, 3.8) is 0 Å². The van der Waals surface area contributed by atoms with Crippen LogP contribution in [-0.2, 0) is 0 Å². The van der Waals surface area contributed by atoms with Gasteiger partial charge in [0, 0.05) is 23.5 Å². The summed E-state index contributed by atoms with van der Waals surface area (Å²) in [5, 5.41) is 12.6. The molecule has 19 heavy (non-hydrogen) atoms. The van der Waals surface area contributed by atoms with Crippen LogP contribution in [0.4, 0.5) is 0 Å². The number of phenols is 1. The Hall–Kier alpha value is -1.54. The first kappa shape index (κ1) is 12.5. The van der Waals surface area contributed by atoms with E-state index in [2.05, 4.69) is 30.9 Å². The van der Waals surface area contributed by atoms with Gasteiger partial charge in [-0.05, 0) is 31.2 Å². The van der Waals surface area contributed by atoms with E-state index in [1.54, 1.807) is 0 Å². The lowest BCUT2D eigenvalue weighted by Gasteiger charge is -2.25. The fraction of sp³-hybridized carbons (Fsp3) is 0.412. The molecule has 2 aromatic carbocycles. The van der Waals surface area contributed by atoms with Crippen molar-refractivity contribution >= 4 is 10.8 Å². The molecule has 0 aliphatic carbocycles. The smallest absolute Gasteiger partial charge is 0.128 e. The van der Waals surface area contributed by atoms with E-state index in [0.717, 1.165) is 35.3 Å². The highest BCUT2D eigenvalue weighted by Crippen LogP contribution is 2.36. The van der Waals surface area contributed by atoms with E-state index in [4.69, 9.17) is 0 Å². The average molecular weight is 255 g/mol. The molecule has 0 amide bonds. The van der Waals surface area contributed by atoms with Crippen LogP contribution in [0.5, 0.6) is 5.75 Å². The van der Waals surface area contributed by atoms with E-state index in [-0.39, 0.29) is 6.04 Å². The first-order valence-corrected chi connectivity index (χ1v) is 7.11. The van der Waals surface area contributed by atoms with E-state index < -0.39 is 0 Å². The number of hydrogen-bond donors (Lipinski definition) is 1. The molecule has 1 fully saturated rings. The molecular formula is C17H21NO. The van der Waals surface area contributed by atoms with Gasteiger partial charge in [0.05, 0.1) is 0 Å². The number of aromatic hydroxyl groups is 1. The van der Waals surface area contributed by atoms with Crippen molar-refractivity contribution in [2.45, 2.75) is 26.3 Å². The fourth-order valence-corrected chi connectivity index (χ4v) is 3.13. The molecule has 0 saturated carbocycles. The van der Waals surface area contributed by atoms with Gasteiger partial charge >= 0.3 is 0 Å². The Morgan fingerprint density at radius 3 is 2.74 bits per heavy atom. The Morgan fingerprint density at radius 1 is 1.21 bits per heavy atom. The van der Waals surface area contributed by atoms with Crippen LogP contribution >= 0.6 is 0 Å². The second kappa shape index (κ2) is 4.86. The molecule has 2 unspecified atom stereocenters. The summed E-state index contributed by atoms with van der Waals surface area (Å²) in [6, 6.07) is 12.5. The maximum atomic E-state index is 10.5. The summed E-state index contributed by atoms with van der Waals surface area (Å²) in [6.45, 7) is 6.76. The van der Waals surface area contributed by atoms with Gasteiger partial charge in [-0.2, -0.15) is 0 Å². The van der Waals surface area contributed by atoms with E-state index in [1.165, 1.54) is 6.42 Å². The minimum Gasteiger partial charge on any atom is -0.507 e. The van der Waals surface area contributed by atoms with Crippen LogP contribution in [0.25, 0.3) is 10.8 Å². The Labute approximate surface area is 114 Å². The van der Waals surface area contributed by atoms with Gasteiger partial charge < -0.3 is 5.11 Å². The van der Waals surface area contributed by atoms with Gasteiger partial charge in [0.25, 0.3) is 0 Å². The lowest BCUT2D eigenvalue weighted by molar-refractivity contribution is 0.250. The van der Waals surface area contributed by atoms with E-state index in [9.17, 15) is 5.11 Å². The van der Waals surface area contributed by atoms with Crippen molar-refractivity contribution in [2.24, 2.45) is 5.92 Å². The molecule has 1 heterocycles. The molecule has 1 N–H and O–H groups in total. The molecule has 1 saturated heterocycles. The first-order chi connectivity index (χ1) is 9.16. The highest BCUT2D eigenvalue weighted by molar-refractivity contribution is 5.89. The molecule has 1 aliphatic rings. The van der Waals surface area contributed by atoms with Crippen molar-refractivity contribution in [2.75, 3.05) is 13.1 Å². The van der Waals surface area contributed by atoms with Crippen LogP contribution in [0.1, 0.15) is 31.9 Å². The lowest BCUT2D eigenvalue weighted by atomic mass is 10.0. The number of benzene rings is 2. The normalized spacial score (nSPS) is 21.9. The summed E-state index contributed by atoms with van der Waals surface area (Å²) in [5.41, 5.74) is 1.05. The van der Waals surface area contributed by atoms with Gasteiger partial charge in [-0.25, -0.2) is 0 Å². The van der Waals surface area contributed by atoms with Gasteiger partial charge in [0.1, 0.15) is 5.75 Å². The predicted octanol–water partition coefficient (Wildman–Crippen LogP) is 3.95. The third-order valence-corrected chi connectivity index (χ3v) is 4.38. The van der Waals surface area contributed by atoms with Crippen molar-refractivity contribution < 1.29 is 5.11 Å². The maximum absolute atomic E-state index is 10.5. The van der Waals surface area contributed by atoms with Crippen LogP contribution in [0.3, 0.4) is 0 Å². The van der Waals surface area contributed by atoms with Gasteiger partial charge in [-0.3, -0.25) is 4.90 Å². The standard InChI is InChI=1S/C17H21NO/c1-12-9-10-18(11-12)13(2)15-8-7-14-5-3-4-6-16(14)17(15)19/h3-8,12-13,19H,9-11H2,1-2H3. The molecule has 2 heteroatoms. The molecule has 2 aromatic rings. The summed E-state index contributed by atoms with van der Waals surface area (Å²) < 4.78 is 0. The number of fused-ring (bicyclic) bond motifs is 1. The first-order valence-electron chi connectivity index (χ1n) is 7.11. The Balaban J connectivity index is 1.98. The SMILES string of the molecule is CC1CCN(C(C)c2ccc3ccccc3c2O)C1. The van der Waals surface area contributed by atoms with Crippen LogP contribution < -0.4 is 0 Å². The fourth-order valence-electron chi connectivity index (χ4n) is 3.13. The second-order valence-corrected chi connectivity index (χ2v) is 5.79. The lowest BCUT2D eigenvalue weighted by Crippen LogP contribution is -2.24. The summed E-state index contributed by atoms with van der Waals surface area (Å²) in [4.78, 5) is 2.47. The zero-order chi connectivity index (χ0) is 13.4. The quantitative estimate of drug-likeness (QED) is 0.878. The molecule has 2 nitrogen and oxygen atoms in total. The monoisotopic (exact) mass is 255 g/mol. The number of likely N-dealkylation sites (tertiary alicyclic amines) is 1. The Morgan fingerprint density at radius 2 is 2.00 bits per heavy atom. The average Bonchev–Trinajstić information content (AvgIpc) is 2.85. The minimum absolute atomic E-state index is 0.287. The Kier molecular flexibility index (Phi) is 3.19. The van der Waals surface area contributed by atoms with Crippen molar-refractivity contribution in [3.05, 3.63) is 42.0 Å². The molecule has 1 aliphatic heterocycles. The molecule has 0 bridgehead atoms. The summed E-state index contributed by atoms with van der Waals surface area (Å²) in [6.07, 6.45) is 1.26. The van der Waals surface area contributed by atoms with Crippen LogP contribution in [0, 0.1) is 5.92 Å². The predicted molar refractivity (Wildman–Crippen MR) is 79.4 cm³/mol. The largest absolute Gasteiger partial charge is 0.507 e. The van der Waals surface area contributed by atoms with Crippen LogP contribution in [0.15, 0.2) is 36.4 Å². The summed E-state index contributed by atoms with van der Waals surface area (Å²) in [7, 11) is 0. The highest BCUT2D eigenvalue weighted by atomic mass is 16.3. The number of rotatable bonds is 2. The van der Waals surface area contributed by atoms with Crippen molar-refractivity contribution in [1.82, 2.24) is 4.90 Å². The van der Waals surface area contributed by atoms with Gasteiger partial charge in [-0.1, -0.05) is 43.3 Å². The zero-order valence-corrected chi connectivity index (χ0v) is 11.6. The molecule has 3 rings (SSSR count). The molecule has 0 spiro atoms.